The van der Waals surface area contributed by atoms with Crippen molar-refractivity contribution in [3.63, 3.8) is 0 Å². The highest BCUT2D eigenvalue weighted by molar-refractivity contribution is 7.12. The molecule has 7 heteroatoms. The van der Waals surface area contributed by atoms with Gasteiger partial charge in [-0.2, -0.15) is 0 Å². The third-order valence-electron chi connectivity index (χ3n) is 4.10. The normalized spacial score (nSPS) is 11.3. The molecule has 0 radical (unpaired) electrons. The van der Waals surface area contributed by atoms with E-state index in [1.54, 1.807) is 66.0 Å². The predicted octanol–water partition coefficient (Wildman–Crippen LogP) is 3.65. The Labute approximate surface area is 172 Å². The van der Waals surface area contributed by atoms with Gasteiger partial charge in [0.15, 0.2) is 6.10 Å². The van der Waals surface area contributed by atoms with Gasteiger partial charge in [-0.15, -0.1) is 11.3 Å². The largest absolute Gasteiger partial charge is 0.497 e. The van der Waals surface area contributed by atoms with E-state index in [0.29, 0.717) is 21.8 Å². The first-order valence-electron chi connectivity index (χ1n) is 8.83. The average molecular weight is 409 g/mol. The van der Waals surface area contributed by atoms with Crippen molar-refractivity contribution in [3.8, 4) is 5.75 Å². The molecular weight excluding hydrogens is 390 g/mol. The van der Waals surface area contributed by atoms with Crippen LogP contribution in [-0.4, -0.2) is 31.3 Å². The topological polar surface area (TPSA) is 81.7 Å². The van der Waals surface area contributed by atoms with Crippen molar-refractivity contribution in [3.05, 3.63) is 88.1 Å². The summed E-state index contributed by atoms with van der Waals surface area (Å²) in [7, 11) is 1.54. The van der Waals surface area contributed by atoms with Crippen molar-refractivity contribution in [2.75, 3.05) is 13.7 Å². The molecule has 1 N–H and O–H groups in total. The standard InChI is InChI=1S/C22H19NO5S/c1-27-17-11-9-15(10-12-17)20(25)21(16-6-3-2-4-7-16)28-19(24)14-23-22(26)18-8-5-13-29-18/h2-13,21H,14H2,1H3,(H,23,26)/t21-/m1/s1. The Kier molecular flexibility index (Phi) is 6.76. The Balaban J connectivity index is 1.72. The Bertz CT molecular complexity index is 968. The van der Waals surface area contributed by atoms with E-state index in [2.05, 4.69) is 5.32 Å². The number of hydrogen-bond acceptors (Lipinski definition) is 6. The second-order valence-corrected chi connectivity index (χ2v) is 6.98. The molecule has 3 aromatic rings. The van der Waals surface area contributed by atoms with Gasteiger partial charge in [0.25, 0.3) is 5.91 Å². The fourth-order valence-electron chi connectivity index (χ4n) is 2.63. The summed E-state index contributed by atoms with van der Waals surface area (Å²) >= 11 is 1.27. The summed E-state index contributed by atoms with van der Waals surface area (Å²) < 4.78 is 10.6. The third-order valence-corrected chi connectivity index (χ3v) is 4.97. The molecule has 1 atom stereocenters. The van der Waals surface area contributed by atoms with E-state index in [-0.39, 0.29) is 18.2 Å². The molecule has 0 fully saturated rings. The van der Waals surface area contributed by atoms with Crippen molar-refractivity contribution in [2.45, 2.75) is 6.10 Å². The first-order valence-corrected chi connectivity index (χ1v) is 9.71. The third kappa shape index (κ3) is 5.30. The number of esters is 1. The van der Waals surface area contributed by atoms with Gasteiger partial charge in [0.05, 0.1) is 12.0 Å². The number of methoxy groups -OCH3 is 1. The number of carbonyl (C=O) groups excluding carboxylic acids is 3. The number of hydrogen-bond donors (Lipinski definition) is 1. The molecule has 29 heavy (non-hydrogen) atoms. The van der Waals surface area contributed by atoms with Crippen LogP contribution in [0.1, 0.15) is 31.7 Å². The summed E-state index contributed by atoms with van der Waals surface area (Å²) in [6, 6.07) is 18.7. The average Bonchev–Trinajstić information content (AvgIpc) is 3.31. The lowest BCUT2D eigenvalue weighted by atomic mass is 9.99. The van der Waals surface area contributed by atoms with Gasteiger partial charge >= 0.3 is 5.97 Å². The van der Waals surface area contributed by atoms with Crippen LogP contribution in [-0.2, 0) is 9.53 Å². The molecule has 0 saturated heterocycles. The highest BCUT2D eigenvalue weighted by Crippen LogP contribution is 2.24. The summed E-state index contributed by atoms with van der Waals surface area (Å²) in [5.41, 5.74) is 0.932. The zero-order chi connectivity index (χ0) is 20.6. The quantitative estimate of drug-likeness (QED) is 0.454. The van der Waals surface area contributed by atoms with E-state index >= 15 is 0 Å². The molecule has 0 aliphatic carbocycles. The minimum Gasteiger partial charge on any atom is -0.497 e. The van der Waals surface area contributed by atoms with Crippen LogP contribution in [0.4, 0.5) is 0 Å². The highest BCUT2D eigenvalue weighted by atomic mass is 32.1. The maximum absolute atomic E-state index is 13.0. The molecule has 0 unspecified atom stereocenters. The minimum atomic E-state index is -1.12. The van der Waals surface area contributed by atoms with Gasteiger partial charge in [0, 0.05) is 11.1 Å². The summed E-state index contributed by atoms with van der Waals surface area (Å²) in [6.07, 6.45) is -1.12. The molecule has 1 aromatic heterocycles. The lowest BCUT2D eigenvalue weighted by Crippen LogP contribution is -2.32. The van der Waals surface area contributed by atoms with Gasteiger partial charge in [-0.05, 0) is 35.7 Å². The minimum absolute atomic E-state index is 0.337. The van der Waals surface area contributed by atoms with Crippen molar-refractivity contribution >= 4 is 29.0 Å². The number of thiophene rings is 1. The number of Topliss-reactive ketones (excluding diaryl/α,β-unsaturated/α-hetero) is 1. The van der Waals surface area contributed by atoms with Crippen molar-refractivity contribution in [2.24, 2.45) is 0 Å². The molecule has 1 amide bonds. The van der Waals surface area contributed by atoms with Crippen LogP contribution in [0.5, 0.6) is 5.75 Å². The van der Waals surface area contributed by atoms with Gasteiger partial charge in [-0.25, -0.2) is 0 Å². The number of rotatable bonds is 8. The van der Waals surface area contributed by atoms with E-state index in [1.807, 2.05) is 6.07 Å². The van der Waals surface area contributed by atoms with E-state index < -0.39 is 12.1 Å². The maximum Gasteiger partial charge on any atom is 0.326 e. The predicted molar refractivity (Wildman–Crippen MR) is 109 cm³/mol. The molecule has 148 valence electrons. The smallest absolute Gasteiger partial charge is 0.326 e. The van der Waals surface area contributed by atoms with Crippen molar-refractivity contribution in [1.29, 1.82) is 0 Å². The Hall–Kier alpha value is -3.45. The molecule has 0 saturated carbocycles. The van der Waals surface area contributed by atoms with Crippen LogP contribution in [0, 0.1) is 0 Å². The van der Waals surface area contributed by atoms with Crippen LogP contribution in [0.15, 0.2) is 72.1 Å². The maximum atomic E-state index is 13.0. The van der Waals surface area contributed by atoms with Crippen LogP contribution < -0.4 is 10.1 Å². The molecule has 0 aliphatic rings. The molecule has 1 heterocycles. The van der Waals surface area contributed by atoms with E-state index in [1.165, 1.54) is 18.4 Å². The monoisotopic (exact) mass is 409 g/mol. The van der Waals surface area contributed by atoms with Crippen molar-refractivity contribution < 1.29 is 23.9 Å². The van der Waals surface area contributed by atoms with Crippen LogP contribution >= 0.6 is 11.3 Å². The fraction of sp³-hybridized carbons (Fsp3) is 0.136. The molecular formula is C22H19NO5S. The van der Waals surface area contributed by atoms with Crippen molar-refractivity contribution in [1.82, 2.24) is 5.32 Å². The summed E-state index contributed by atoms with van der Waals surface area (Å²) in [4.78, 5) is 37.8. The summed E-state index contributed by atoms with van der Waals surface area (Å²) in [5, 5.41) is 4.27. The second-order valence-electron chi connectivity index (χ2n) is 6.03. The van der Waals surface area contributed by atoms with Gasteiger partial charge in [-0.1, -0.05) is 36.4 Å². The van der Waals surface area contributed by atoms with E-state index in [0.717, 1.165) is 0 Å². The van der Waals surface area contributed by atoms with Crippen LogP contribution in [0.2, 0.25) is 0 Å². The first-order chi connectivity index (χ1) is 14.1. The number of ether oxygens (including phenoxy) is 2. The molecule has 0 bridgehead atoms. The number of benzene rings is 2. The zero-order valence-electron chi connectivity index (χ0n) is 15.7. The Morgan fingerprint density at radius 3 is 2.31 bits per heavy atom. The number of nitrogens with one attached hydrogen (secondary N) is 1. The number of carbonyl (C=O) groups is 3. The van der Waals surface area contributed by atoms with Gasteiger partial charge in [-0.3, -0.25) is 14.4 Å². The molecule has 3 rings (SSSR count). The molecule has 2 aromatic carbocycles. The lowest BCUT2D eigenvalue weighted by Gasteiger charge is -2.18. The summed E-state index contributed by atoms with van der Waals surface area (Å²) in [5.74, 6) is -0.816. The van der Waals surface area contributed by atoms with Crippen LogP contribution in [0.3, 0.4) is 0 Å². The second kappa shape index (κ2) is 9.66. The number of ketones is 1. The highest BCUT2D eigenvalue weighted by Gasteiger charge is 2.26. The van der Waals surface area contributed by atoms with E-state index in [9.17, 15) is 14.4 Å². The summed E-state index contributed by atoms with van der Waals surface area (Å²) in [6.45, 7) is -0.337. The SMILES string of the molecule is COc1ccc(C(=O)[C@H](OC(=O)CNC(=O)c2cccs2)c2ccccc2)cc1. The molecule has 0 aliphatic heterocycles. The van der Waals surface area contributed by atoms with Gasteiger partial charge < -0.3 is 14.8 Å². The molecule has 0 spiro atoms. The Morgan fingerprint density at radius 2 is 1.69 bits per heavy atom. The fourth-order valence-corrected chi connectivity index (χ4v) is 3.27. The van der Waals surface area contributed by atoms with Gasteiger partial charge in [0.2, 0.25) is 5.78 Å². The zero-order valence-corrected chi connectivity index (χ0v) is 16.5. The van der Waals surface area contributed by atoms with Gasteiger partial charge in [0.1, 0.15) is 12.3 Å². The lowest BCUT2D eigenvalue weighted by molar-refractivity contribution is -0.146. The number of amides is 1. The molecule has 6 nitrogen and oxygen atoms in total. The first kappa shape index (κ1) is 20.3. The van der Waals surface area contributed by atoms with E-state index in [4.69, 9.17) is 9.47 Å². The van der Waals surface area contributed by atoms with Crippen LogP contribution in [0.25, 0.3) is 0 Å². The Morgan fingerprint density at radius 1 is 0.966 bits per heavy atom.